The fourth-order valence-electron chi connectivity index (χ4n) is 3.22. The number of aromatic nitrogens is 2. The van der Waals surface area contributed by atoms with E-state index >= 15 is 4.39 Å². The average molecular weight is 521 g/mol. The Morgan fingerprint density at radius 1 is 1.37 bits per heavy atom. The standard InChI is InChI=1S/C20H21ClF4N6O4/c1-4-30-13(7-32)29-31(19(30)34)16-12(22)5-11(18(28-16)35-8-20(23,24)25)17(33)27-14-10(3)9(2)6-26-15(14)21/h5-6,13,29,32H,4,7-8H2,1-3H3,(H,27,33). The van der Waals surface area contributed by atoms with Crippen LogP contribution in [0, 0.1) is 19.7 Å². The van der Waals surface area contributed by atoms with Gasteiger partial charge in [0.1, 0.15) is 11.7 Å². The molecule has 2 aromatic rings. The molecule has 1 aliphatic rings. The predicted molar refractivity (Wildman–Crippen MR) is 117 cm³/mol. The molecule has 0 bridgehead atoms. The summed E-state index contributed by atoms with van der Waals surface area (Å²) in [5.74, 6) is -3.91. The van der Waals surface area contributed by atoms with Gasteiger partial charge in [-0.3, -0.25) is 4.79 Å². The van der Waals surface area contributed by atoms with Gasteiger partial charge in [0.25, 0.3) is 5.91 Å². The highest BCUT2D eigenvalue weighted by atomic mass is 35.5. The van der Waals surface area contributed by atoms with Crippen LogP contribution in [0.2, 0.25) is 5.15 Å². The molecular weight excluding hydrogens is 500 g/mol. The van der Waals surface area contributed by atoms with Crippen LogP contribution in [-0.4, -0.2) is 64.0 Å². The van der Waals surface area contributed by atoms with Crippen molar-refractivity contribution in [1.29, 1.82) is 0 Å². The lowest BCUT2D eigenvalue weighted by Crippen LogP contribution is -2.41. The summed E-state index contributed by atoms with van der Waals surface area (Å²) in [7, 11) is 0. The lowest BCUT2D eigenvalue weighted by molar-refractivity contribution is -0.154. The van der Waals surface area contributed by atoms with Crippen LogP contribution in [0.15, 0.2) is 12.3 Å². The molecule has 3 heterocycles. The molecular formula is C20H21ClF4N6O4. The number of nitrogens with one attached hydrogen (secondary N) is 2. The quantitative estimate of drug-likeness (QED) is 0.379. The molecule has 0 aromatic carbocycles. The monoisotopic (exact) mass is 520 g/mol. The zero-order valence-electron chi connectivity index (χ0n) is 18.7. The number of aliphatic hydroxyl groups is 1. The molecule has 1 aliphatic heterocycles. The van der Waals surface area contributed by atoms with Crippen LogP contribution >= 0.6 is 11.6 Å². The van der Waals surface area contributed by atoms with E-state index in [1.165, 1.54) is 6.20 Å². The van der Waals surface area contributed by atoms with Crippen molar-refractivity contribution < 1.29 is 37.0 Å². The molecule has 3 amide bonds. The van der Waals surface area contributed by atoms with Gasteiger partial charge in [-0.05, 0) is 38.0 Å². The number of carbonyl (C=O) groups excluding carboxylic acids is 2. The number of carbonyl (C=O) groups is 2. The average Bonchev–Trinajstić information content (AvgIpc) is 3.12. The van der Waals surface area contributed by atoms with Crippen LogP contribution < -0.4 is 20.5 Å². The Bertz CT molecular complexity index is 1150. The number of alkyl halides is 3. The van der Waals surface area contributed by atoms with E-state index in [1.807, 2.05) is 0 Å². The number of nitrogens with zero attached hydrogens (tertiary/aromatic N) is 4. The Morgan fingerprint density at radius 3 is 2.63 bits per heavy atom. The Balaban J connectivity index is 2.03. The Labute approximate surface area is 201 Å². The van der Waals surface area contributed by atoms with Gasteiger partial charge in [-0.15, -0.1) is 0 Å². The number of likely N-dealkylation sites (N-methyl/N-ethyl adjacent to an activating group) is 1. The highest BCUT2D eigenvalue weighted by Crippen LogP contribution is 2.31. The zero-order chi connectivity index (χ0) is 26.1. The van der Waals surface area contributed by atoms with Crippen molar-refractivity contribution in [3.05, 3.63) is 39.9 Å². The largest absolute Gasteiger partial charge is 0.467 e. The van der Waals surface area contributed by atoms with Crippen molar-refractivity contribution in [3.63, 3.8) is 0 Å². The minimum absolute atomic E-state index is 0.0729. The molecule has 0 saturated carbocycles. The smallest absolute Gasteiger partial charge is 0.422 e. The van der Waals surface area contributed by atoms with E-state index in [2.05, 4.69) is 20.7 Å². The molecule has 1 atom stereocenters. The molecule has 3 rings (SSSR count). The molecule has 0 spiro atoms. The molecule has 1 saturated heterocycles. The maximum Gasteiger partial charge on any atom is 0.422 e. The van der Waals surface area contributed by atoms with E-state index in [0.29, 0.717) is 22.2 Å². The highest BCUT2D eigenvalue weighted by Gasteiger charge is 2.39. The maximum atomic E-state index is 15.0. The third-order valence-electron chi connectivity index (χ3n) is 5.14. The fraction of sp³-hybridized carbons (Fsp3) is 0.400. The number of anilines is 2. The van der Waals surface area contributed by atoms with Crippen LogP contribution in [0.4, 0.5) is 33.9 Å². The van der Waals surface area contributed by atoms with Gasteiger partial charge >= 0.3 is 12.2 Å². The van der Waals surface area contributed by atoms with E-state index in [4.69, 9.17) is 16.3 Å². The Kier molecular flexibility index (Phi) is 7.67. The molecule has 0 radical (unpaired) electrons. The number of halogens is 5. The molecule has 2 aromatic heterocycles. The van der Waals surface area contributed by atoms with Gasteiger partial charge in [0.05, 0.1) is 12.3 Å². The van der Waals surface area contributed by atoms with Crippen molar-refractivity contribution in [2.75, 3.05) is 30.1 Å². The van der Waals surface area contributed by atoms with Gasteiger partial charge in [0, 0.05) is 12.7 Å². The number of urea groups is 1. The first-order valence-corrected chi connectivity index (χ1v) is 10.6. The minimum atomic E-state index is -4.80. The van der Waals surface area contributed by atoms with E-state index in [0.717, 1.165) is 4.90 Å². The number of rotatable bonds is 7. The summed E-state index contributed by atoms with van der Waals surface area (Å²) < 4.78 is 58.3. The van der Waals surface area contributed by atoms with Crippen LogP contribution in [0.5, 0.6) is 5.88 Å². The number of hydrogen-bond acceptors (Lipinski definition) is 7. The number of aliphatic hydroxyl groups excluding tert-OH is 1. The number of amides is 3. The second kappa shape index (κ2) is 10.2. The molecule has 190 valence electrons. The van der Waals surface area contributed by atoms with Crippen molar-refractivity contribution >= 4 is 35.0 Å². The second-order valence-corrected chi connectivity index (χ2v) is 7.83. The Hall–Kier alpha value is -3.23. The third kappa shape index (κ3) is 5.55. The zero-order valence-corrected chi connectivity index (χ0v) is 19.5. The van der Waals surface area contributed by atoms with Crippen molar-refractivity contribution in [3.8, 4) is 5.88 Å². The lowest BCUT2D eigenvalue weighted by atomic mass is 10.1. The van der Waals surface area contributed by atoms with Crippen molar-refractivity contribution in [2.24, 2.45) is 0 Å². The first kappa shape index (κ1) is 26.4. The maximum absolute atomic E-state index is 15.0. The molecule has 1 fully saturated rings. The lowest BCUT2D eigenvalue weighted by Gasteiger charge is -2.19. The van der Waals surface area contributed by atoms with Crippen molar-refractivity contribution in [1.82, 2.24) is 20.3 Å². The number of pyridine rings is 2. The first-order valence-electron chi connectivity index (χ1n) is 10.2. The SMILES string of the molecule is CCN1C(=O)N(c2nc(OCC(F)(F)F)c(C(=O)Nc3c(Cl)ncc(C)c3C)cc2F)NC1CO. The molecule has 35 heavy (non-hydrogen) atoms. The van der Waals surface area contributed by atoms with E-state index in [1.54, 1.807) is 20.8 Å². The topological polar surface area (TPSA) is 120 Å². The summed E-state index contributed by atoms with van der Waals surface area (Å²) in [4.78, 5) is 34.3. The molecule has 10 nitrogen and oxygen atoms in total. The molecule has 3 N–H and O–H groups in total. The van der Waals surface area contributed by atoms with Gasteiger partial charge in [0.15, 0.2) is 23.4 Å². The van der Waals surface area contributed by atoms with Gasteiger partial charge in [0.2, 0.25) is 5.88 Å². The summed E-state index contributed by atoms with van der Waals surface area (Å²) in [6.45, 7) is 2.70. The van der Waals surface area contributed by atoms with Gasteiger partial charge in [-0.25, -0.2) is 19.2 Å². The van der Waals surface area contributed by atoms with Crippen LogP contribution in [0.1, 0.15) is 28.4 Å². The first-order chi connectivity index (χ1) is 16.4. The number of aryl methyl sites for hydroxylation is 1. The summed E-state index contributed by atoms with van der Waals surface area (Å²) in [5, 5.41) is 12.4. The van der Waals surface area contributed by atoms with E-state index in [9.17, 15) is 27.9 Å². The third-order valence-corrected chi connectivity index (χ3v) is 5.43. The van der Waals surface area contributed by atoms with E-state index < -0.39 is 60.6 Å². The predicted octanol–water partition coefficient (Wildman–Crippen LogP) is 3.16. The van der Waals surface area contributed by atoms with Crippen LogP contribution in [-0.2, 0) is 0 Å². The highest BCUT2D eigenvalue weighted by molar-refractivity contribution is 6.33. The van der Waals surface area contributed by atoms with Gasteiger partial charge < -0.3 is 20.1 Å². The molecule has 1 unspecified atom stereocenters. The van der Waals surface area contributed by atoms with Gasteiger partial charge in [-0.1, -0.05) is 11.6 Å². The van der Waals surface area contributed by atoms with Crippen LogP contribution in [0.25, 0.3) is 0 Å². The molecule has 0 aliphatic carbocycles. The minimum Gasteiger partial charge on any atom is -0.467 e. The van der Waals surface area contributed by atoms with E-state index in [-0.39, 0.29) is 17.4 Å². The summed E-state index contributed by atoms with van der Waals surface area (Å²) in [6, 6.07) is -0.224. The number of ether oxygens (including phenoxy) is 1. The molecule has 15 heteroatoms. The summed E-state index contributed by atoms with van der Waals surface area (Å²) >= 11 is 6.03. The normalized spacial score (nSPS) is 16.1. The second-order valence-electron chi connectivity index (χ2n) is 7.47. The van der Waals surface area contributed by atoms with Crippen molar-refractivity contribution in [2.45, 2.75) is 33.1 Å². The van der Waals surface area contributed by atoms with Gasteiger partial charge in [-0.2, -0.15) is 23.6 Å². The fourth-order valence-corrected chi connectivity index (χ4v) is 3.46. The van der Waals surface area contributed by atoms with Crippen LogP contribution in [0.3, 0.4) is 0 Å². The number of hydrogen-bond donors (Lipinski definition) is 3. The summed E-state index contributed by atoms with van der Waals surface area (Å²) in [6.07, 6.45) is -4.26. The Morgan fingerprint density at radius 2 is 2.06 bits per heavy atom. The number of hydrazine groups is 1. The summed E-state index contributed by atoms with van der Waals surface area (Å²) in [5.41, 5.74) is 3.10.